The van der Waals surface area contributed by atoms with Gasteiger partial charge < -0.3 is 10.6 Å². The maximum absolute atomic E-state index is 11.5. The van der Waals surface area contributed by atoms with Gasteiger partial charge in [-0.3, -0.25) is 4.79 Å². The van der Waals surface area contributed by atoms with Crippen LogP contribution in [-0.4, -0.2) is 18.5 Å². The van der Waals surface area contributed by atoms with Crippen molar-refractivity contribution in [3.63, 3.8) is 0 Å². The van der Waals surface area contributed by atoms with E-state index in [2.05, 4.69) is 10.6 Å². The van der Waals surface area contributed by atoms with Crippen molar-refractivity contribution in [1.82, 2.24) is 5.32 Å². The molecule has 0 aliphatic heterocycles. The van der Waals surface area contributed by atoms with E-state index in [9.17, 15) is 4.79 Å². The number of nitrogens with one attached hydrogen (secondary N) is 2. The van der Waals surface area contributed by atoms with Crippen LogP contribution in [0.25, 0.3) is 0 Å². The van der Waals surface area contributed by atoms with Gasteiger partial charge in [0.25, 0.3) is 0 Å². The lowest BCUT2D eigenvalue weighted by atomic mass is 10.2. The SMILES string of the molecule is Cc1ccc(Cl)cc1NCCC(=O)NC1CC1. The number of hydrogen-bond donors (Lipinski definition) is 2. The van der Waals surface area contributed by atoms with Crippen LogP contribution in [0.15, 0.2) is 18.2 Å². The van der Waals surface area contributed by atoms with E-state index in [1.165, 1.54) is 0 Å². The molecule has 2 N–H and O–H groups in total. The fourth-order valence-electron chi connectivity index (χ4n) is 1.62. The zero-order chi connectivity index (χ0) is 12.3. The number of amides is 1. The van der Waals surface area contributed by atoms with Crippen LogP contribution >= 0.6 is 11.6 Å². The Morgan fingerprint density at radius 2 is 2.24 bits per heavy atom. The molecule has 4 heteroatoms. The Labute approximate surface area is 107 Å². The van der Waals surface area contributed by atoms with E-state index in [4.69, 9.17) is 11.6 Å². The summed E-state index contributed by atoms with van der Waals surface area (Å²) in [6, 6.07) is 6.15. The van der Waals surface area contributed by atoms with Gasteiger partial charge in [0.1, 0.15) is 0 Å². The maximum Gasteiger partial charge on any atom is 0.221 e. The molecule has 17 heavy (non-hydrogen) atoms. The lowest BCUT2D eigenvalue weighted by Crippen LogP contribution is -2.27. The molecule has 0 unspecified atom stereocenters. The molecule has 0 atom stereocenters. The van der Waals surface area contributed by atoms with Crippen LogP contribution in [0.3, 0.4) is 0 Å². The van der Waals surface area contributed by atoms with E-state index < -0.39 is 0 Å². The van der Waals surface area contributed by atoms with Crippen molar-refractivity contribution in [2.45, 2.75) is 32.2 Å². The fraction of sp³-hybridized carbons (Fsp3) is 0.462. The molecule has 0 saturated heterocycles. The number of halogens is 1. The van der Waals surface area contributed by atoms with Crippen LogP contribution in [0.1, 0.15) is 24.8 Å². The molecule has 1 aliphatic carbocycles. The minimum Gasteiger partial charge on any atom is -0.384 e. The van der Waals surface area contributed by atoms with E-state index in [1.807, 2.05) is 25.1 Å². The Kier molecular flexibility index (Phi) is 3.89. The first-order chi connectivity index (χ1) is 8.15. The first kappa shape index (κ1) is 12.2. The lowest BCUT2D eigenvalue weighted by Gasteiger charge is -2.09. The Hall–Kier alpha value is -1.22. The summed E-state index contributed by atoms with van der Waals surface area (Å²) < 4.78 is 0. The normalized spacial score (nSPS) is 14.5. The summed E-state index contributed by atoms with van der Waals surface area (Å²) in [6.45, 7) is 2.66. The molecule has 1 aromatic rings. The van der Waals surface area contributed by atoms with Crippen LogP contribution in [0.2, 0.25) is 5.02 Å². The minimum absolute atomic E-state index is 0.125. The molecular weight excluding hydrogens is 236 g/mol. The first-order valence-electron chi connectivity index (χ1n) is 5.94. The van der Waals surface area contributed by atoms with E-state index in [0.717, 1.165) is 24.1 Å². The zero-order valence-corrected chi connectivity index (χ0v) is 10.7. The van der Waals surface area contributed by atoms with E-state index >= 15 is 0 Å². The maximum atomic E-state index is 11.5. The molecule has 1 aliphatic rings. The molecule has 0 radical (unpaired) electrons. The summed E-state index contributed by atoms with van der Waals surface area (Å²) in [4.78, 5) is 11.5. The molecular formula is C13H17ClN2O. The van der Waals surface area contributed by atoms with Crippen LogP contribution in [0.4, 0.5) is 5.69 Å². The zero-order valence-electron chi connectivity index (χ0n) is 9.92. The Morgan fingerprint density at radius 1 is 1.47 bits per heavy atom. The average Bonchev–Trinajstić information content (AvgIpc) is 3.07. The van der Waals surface area contributed by atoms with E-state index in [1.54, 1.807) is 0 Å². The van der Waals surface area contributed by atoms with Gasteiger partial charge in [-0.1, -0.05) is 17.7 Å². The van der Waals surface area contributed by atoms with Gasteiger partial charge in [-0.15, -0.1) is 0 Å². The van der Waals surface area contributed by atoms with Gasteiger partial charge >= 0.3 is 0 Å². The summed E-state index contributed by atoms with van der Waals surface area (Å²) in [5.74, 6) is 0.125. The van der Waals surface area contributed by atoms with Crippen molar-refractivity contribution in [1.29, 1.82) is 0 Å². The largest absolute Gasteiger partial charge is 0.384 e. The first-order valence-corrected chi connectivity index (χ1v) is 6.32. The average molecular weight is 253 g/mol. The monoisotopic (exact) mass is 252 g/mol. The predicted molar refractivity (Wildman–Crippen MR) is 70.5 cm³/mol. The number of hydrogen-bond acceptors (Lipinski definition) is 2. The molecule has 0 spiro atoms. The third-order valence-electron chi connectivity index (χ3n) is 2.81. The summed E-state index contributed by atoms with van der Waals surface area (Å²) >= 11 is 5.92. The van der Waals surface area contributed by atoms with Gasteiger partial charge in [0.05, 0.1) is 0 Å². The molecule has 92 valence electrons. The van der Waals surface area contributed by atoms with Gasteiger partial charge in [-0.2, -0.15) is 0 Å². The van der Waals surface area contributed by atoms with Crippen molar-refractivity contribution in [3.05, 3.63) is 28.8 Å². The highest BCUT2D eigenvalue weighted by Crippen LogP contribution is 2.20. The van der Waals surface area contributed by atoms with Gasteiger partial charge in [0, 0.05) is 29.7 Å². The number of aryl methyl sites for hydroxylation is 1. The van der Waals surface area contributed by atoms with Crippen molar-refractivity contribution in [2.24, 2.45) is 0 Å². The number of benzene rings is 1. The van der Waals surface area contributed by atoms with Crippen LogP contribution in [-0.2, 0) is 4.79 Å². The summed E-state index contributed by atoms with van der Waals surface area (Å²) in [7, 11) is 0. The molecule has 3 nitrogen and oxygen atoms in total. The Balaban J connectivity index is 1.76. The van der Waals surface area contributed by atoms with Gasteiger partial charge in [0.2, 0.25) is 5.91 Å². The third kappa shape index (κ3) is 3.93. The van der Waals surface area contributed by atoms with Crippen LogP contribution < -0.4 is 10.6 Å². The second kappa shape index (κ2) is 5.41. The predicted octanol–water partition coefficient (Wildman–Crippen LogP) is 2.73. The Bertz CT molecular complexity index is 416. The summed E-state index contributed by atoms with van der Waals surface area (Å²) in [5.41, 5.74) is 2.13. The second-order valence-electron chi connectivity index (χ2n) is 4.48. The standard InChI is InChI=1S/C13H17ClN2O/c1-9-2-3-10(14)8-12(9)15-7-6-13(17)16-11-4-5-11/h2-3,8,11,15H,4-7H2,1H3,(H,16,17). The molecule has 0 heterocycles. The number of carbonyl (C=O) groups is 1. The van der Waals surface area contributed by atoms with Crippen molar-refractivity contribution < 1.29 is 4.79 Å². The summed E-state index contributed by atoms with van der Waals surface area (Å²) in [5, 5.41) is 6.90. The highest BCUT2D eigenvalue weighted by molar-refractivity contribution is 6.30. The van der Waals surface area contributed by atoms with Gasteiger partial charge in [-0.05, 0) is 37.5 Å². The smallest absolute Gasteiger partial charge is 0.221 e. The topological polar surface area (TPSA) is 41.1 Å². The molecule has 1 fully saturated rings. The molecule has 0 bridgehead atoms. The lowest BCUT2D eigenvalue weighted by molar-refractivity contribution is -0.120. The number of anilines is 1. The van der Waals surface area contributed by atoms with Crippen LogP contribution in [0, 0.1) is 6.92 Å². The molecule has 2 rings (SSSR count). The molecule has 0 aromatic heterocycles. The van der Waals surface area contributed by atoms with Crippen molar-refractivity contribution >= 4 is 23.2 Å². The molecule has 1 amide bonds. The van der Waals surface area contributed by atoms with Crippen molar-refractivity contribution in [3.8, 4) is 0 Å². The van der Waals surface area contributed by atoms with Crippen LogP contribution in [0.5, 0.6) is 0 Å². The van der Waals surface area contributed by atoms with E-state index in [-0.39, 0.29) is 5.91 Å². The Morgan fingerprint density at radius 3 is 2.94 bits per heavy atom. The van der Waals surface area contributed by atoms with E-state index in [0.29, 0.717) is 24.0 Å². The fourth-order valence-corrected chi connectivity index (χ4v) is 1.79. The molecule has 1 saturated carbocycles. The quantitative estimate of drug-likeness (QED) is 0.846. The molecule has 1 aromatic carbocycles. The van der Waals surface area contributed by atoms with Crippen molar-refractivity contribution in [2.75, 3.05) is 11.9 Å². The summed E-state index contributed by atoms with van der Waals surface area (Å²) in [6.07, 6.45) is 2.77. The highest BCUT2D eigenvalue weighted by Gasteiger charge is 2.22. The minimum atomic E-state index is 0.125. The van der Waals surface area contributed by atoms with Gasteiger partial charge in [-0.25, -0.2) is 0 Å². The number of rotatable bonds is 5. The van der Waals surface area contributed by atoms with Gasteiger partial charge in [0.15, 0.2) is 0 Å². The second-order valence-corrected chi connectivity index (χ2v) is 4.91. The third-order valence-corrected chi connectivity index (χ3v) is 3.04. The highest BCUT2D eigenvalue weighted by atomic mass is 35.5. The number of carbonyl (C=O) groups excluding carboxylic acids is 1.